The first-order chi connectivity index (χ1) is 11.6. The van der Waals surface area contributed by atoms with Crippen LogP contribution in [0.5, 0.6) is 0 Å². The highest BCUT2D eigenvalue weighted by Gasteiger charge is 2.19. The molecule has 0 spiro atoms. The Kier molecular flexibility index (Phi) is 6.51. The first kappa shape index (κ1) is 17.7. The number of benzene rings is 2. The van der Waals surface area contributed by atoms with Crippen LogP contribution in [0.2, 0.25) is 0 Å². The van der Waals surface area contributed by atoms with E-state index in [-0.39, 0.29) is 24.7 Å². The highest BCUT2D eigenvalue weighted by molar-refractivity contribution is 5.91. The van der Waals surface area contributed by atoms with Crippen LogP contribution in [0.4, 0.5) is 5.69 Å². The molecule has 0 aliphatic rings. The predicted molar refractivity (Wildman–Crippen MR) is 91.8 cm³/mol. The second-order valence-corrected chi connectivity index (χ2v) is 5.59. The van der Waals surface area contributed by atoms with Gasteiger partial charge >= 0.3 is 5.97 Å². The van der Waals surface area contributed by atoms with Gasteiger partial charge < -0.3 is 15.2 Å². The standard InChI is InChI=1S/C19H21NO4/c1-24-13-14-6-5-9-17(10-14)20-18(21)11-16(12-19(22)23)15-7-3-2-4-8-15/h2-10,16H,11-13H2,1H3,(H,20,21)(H,22,23)/t16-/m0/s1. The van der Waals surface area contributed by atoms with E-state index in [1.807, 2.05) is 48.5 Å². The number of carboxylic acids is 1. The summed E-state index contributed by atoms with van der Waals surface area (Å²) in [6.07, 6.45) is 0.0337. The van der Waals surface area contributed by atoms with Gasteiger partial charge in [-0.2, -0.15) is 0 Å². The van der Waals surface area contributed by atoms with Gasteiger partial charge in [-0.15, -0.1) is 0 Å². The van der Waals surface area contributed by atoms with Crippen molar-refractivity contribution in [3.8, 4) is 0 Å². The van der Waals surface area contributed by atoms with Gasteiger partial charge in [-0.25, -0.2) is 0 Å². The number of anilines is 1. The van der Waals surface area contributed by atoms with Crippen LogP contribution < -0.4 is 5.32 Å². The lowest BCUT2D eigenvalue weighted by molar-refractivity contribution is -0.137. The minimum Gasteiger partial charge on any atom is -0.481 e. The molecule has 0 aliphatic heterocycles. The third-order valence-corrected chi connectivity index (χ3v) is 3.65. The number of hydrogen-bond acceptors (Lipinski definition) is 3. The smallest absolute Gasteiger partial charge is 0.303 e. The second-order valence-electron chi connectivity index (χ2n) is 5.59. The number of ether oxygens (including phenoxy) is 1. The van der Waals surface area contributed by atoms with Crippen molar-refractivity contribution in [3.05, 3.63) is 65.7 Å². The Bertz CT molecular complexity index is 685. The van der Waals surface area contributed by atoms with E-state index in [2.05, 4.69) is 5.32 Å². The molecule has 2 aromatic rings. The maximum absolute atomic E-state index is 12.3. The zero-order valence-corrected chi connectivity index (χ0v) is 13.6. The van der Waals surface area contributed by atoms with Crippen LogP contribution in [0.25, 0.3) is 0 Å². The molecule has 0 saturated heterocycles. The second kappa shape index (κ2) is 8.84. The Hall–Kier alpha value is -2.66. The number of carboxylic acid groups (broad SMARTS) is 1. The summed E-state index contributed by atoms with van der Waals surface area (Å²) in [5, 5.41) is 11.9. The van der Waals surface area contributed by atoms with Crippen molar-refractivity contribution in [2.45, 2.75) is 25.4 Å². The molecule has 0 unspecified atom stereocenters. The molecule has 0 bridgehead atoms. The number of aliphatic carboxylic acids is 1. The third-order valence-electron chi connectivity index (χ3n) is 3.65. The topological polar surface area (TPSA) is 75.6 Å². The Morgan fingerprint density at radius 2 is 1.83 bits per heavy atom. The van der Waals surface area contributed by atoms with Crippen molar-refractivity contribution < 1.29 is 19.4 Å². The molecule has 126 valence electrons. The normalized spacial score (nSPS) is 11.7. The molecular formula is C19H21NO4. The van der Waals surface area contributed by atoms with Crippen LogP contribution in [-0.2, 0) is 20.9 Å². The minimum atomic E-state index is -0.918. The monoisotopic (exact) mass is 327 g/mol. The molecule has 0 aromatic heterocycles. The van der Waals surface area contributed by atoms with Gasteiger partial charge in [0.05, 0.1) is 13.0 Å². The van der Waals surface area contributed by atoms with Gasteiger partial charge in [-0.3, -0.25) is 9.59 Å². The molecule has 0 fully saturated rings. The summed E-state index contributed by atoms with van der Waals surface area (Å²) in [7, 11) is 1.61. The Morgan fingerprint density at radius 3 is 2.50 bits per heavy atom. The largest absolute Gasteiger partial charge is 0.481 e. The lowest BCUT2D eigenvalue weighted by Crippen LogP contribution is -2.17. The lowest BCUT2D eigenvalue weighted by atomic mass is 9.92. The number of amides is 1. The van der Waals surface area contributed by atoms with Crippen LogP contribution >= 0.6 is 0 Å². The van der Waals surface area contributed by atoms with Crippen LogP contribution in [0, 0.1) is 0 Å². The van der Waals surface area contributed by atoms with Gasteiger partial charge in [0, 0.05) is 25.1 Å². The highest BCUT2D eigenvalue weighted by Crippen LogP contribution is 2.24. The Labute approximate surface area is 141 Å². The number of rotatable bonds is 8. The van der Waals surface area contributed by atoms with Crippen LogP contribution in [-0.4, -0.2) is 24.1 Å². The first-order valence-corrected chi connectivity index (χ1v) is 7.73. The molecule has 0 heterocycles. The van der Waals surface area contributed by atoms with E-state index >= 15 is 0 Å². The third kappa shape index (κ3) is 5.52. The molecule has 0 aliphatic carbocycles. The molecule has 1 amide bonds. The molecule has 2 N–H and O–H groups in total. The van der Waals surface area contributed by atoms with E-state index < -0.39 is 5.97 Å². The van der Waals surface area contributed by atoms with Gasteiger partial charge in [-0.05, 0) is 23.3 Å². The summed E-state index contributed by atoms with van der Waals surface area (Å²) in [4.78, 5) is 23.4. The highest BCUT2D eigenvalue weighted by atomic mass is 16.5. The zero-order chi connectivity index (χ0) is 17.4. The number of hydrogen-bond donors (Lipinski definition) is 2. The summed E-state index contributed by atoms with van der Waals surface area (Å²) >= 11 is 0. The molecule has 5 heteroatoms. The maximum atomic E-state index is 12.3. The first-order valence-electron chi connectivity index (χ1n) is 7.73. The van der Waals surface area contributed by atoms with Gasteiger partial charge in [0.25, 0.3) is 0 Å². The fourth-order valence-electron chi connectivity index (χ4n) is 2.59. The van der Waals surface area contributed by atoms with E-state index in [1.165, 1.54) is 0 Å². The molecule has 5 nitrogen and oxygen atoms in total. The molecule has 0 radical (unpaired) electrons. The van der Waals surface area contributed by atoms with E-state index in [4.69, 9.17) is 9.84 Å². The molecular weight excluding hydrogens is 306 g/mol. The summed E-state index contributed by atoms with van der Waals surface area (Å²) < 4.78 is 5.08. The van der Waals surface area contributed by atoms with Crippen molar-refractivity contribution in [2.75, 3.05) is 12.4 Å². The van der Waals surface area contributed by atoms with Gasteiger partial charge in [0.1, 0.15) is 0 Å². The van der Waals surface area contributed by atoms with E-state index in [9.17, 15) is 9.59 Å². The zero-order valence-electron chi connectivity index (χ0n) is 13.6. The number of methoxy groups -OCH3 is 1. The summed E-state index contributed by atoms with van der Waals surface area (Å²) in [5.41, 5.74) is 2.49. The van der Waals surface area contributed by atoms with Crippen molar-refractivity contribution in [1.82, 2.24) is 0 Å². The minimum absolute atomic E-state index is 0.0822. The average molecular weight is 327 g/mol. The number of carbonyl (C=O) groups excluding carboxylic acids is 1. The molecule has 1 atom stereocenters. The van der Waals surface area contributed by atoms with Crippen LogP contribution in [0.15, 0.2) is 54.6 Å². The fraction of sp³-hybridized carbons (Fsp3) is 0.263. The predicted octanol–water partition coefficient (Wildman–Crippen LogP) is 3.42. The molecule has 24 heavy (non-hydrogen) atoms. The summed E-state index contributed by atoms with van der Waals surface area (Å²) in [5.74, 6) is -1.48. The van der Waals surface area contributed by atoms with Crippen LogP contribution in [0.1, 0.15) is 29.9 Å². The van der Waals surface area contributed by atoms with Crippen molar-refractivity contribution in [3.63, 3.8) is 0 Å². The summed E-state index contributed by atoms with van der Waals surface area (Å²) in [6, 6.07) is 16.6. The average Bonchev–Trinajstić information content (AvgIpc) is 2.55. The van der Waals surface area contributed by atoms with Gasteiger partial charge in [0.2, 0.25) is 5.91 Å². The van der Waals surface area contributed by atoms with Gasteiger partial charge in [0.15, 0.2) is 0 Å². The Morgan fingerprint density at radius 1 is 1.08 bits per heavy atom. The SMILES string of the molecule is COCc1cccc(NC(=O)C[C@@H](CC(=O)O)c2ccccc2)c1. The lowest BCUT2D eigenvalue weighted by Gasteiger charge is -2.15. The molecule has 0 saturated carbocycles. The molecule has 2 rings (SSSR count). The van der Waals surface area contributed by atoms with Gasteiger partial charge in [-0.1, -0.05) is 42.5 Å². The maximum Gasteiger partial charge on any atom is 0.303 e. The number of carbonyl (C=O) groups is 2. The fourth-order valence-corrected chi connectivity index (χ4v) is 2.59. The summed E-state index contributed by atoms with van der Waals surface area (Å²) in [6.45, 7) is 0.468. The van der Waals surface area contributed by atoms with E-state index in [0.717, 1.165) is 11.1 Å². The number of nitrogens with one attached hydrogen (secondary N) is 1. The van der Waals surface area contributed by atoms with Crippen LogP contribution in [0.3, 0.4) is 0 Å². The molecule has 2 aromatic carbocycles. The van der Waals surface area contributed by atoms with Crippen molar-refractivity contribution in [2.24, 2.45) is 0 Å². The van der Waals surface area contributed by atoms with Crippen molar-refractivity contribution in [1.29, 1.82) is 0 Å². The quantitative estimate of drug-likeness (QED) is 0.779. The Balaban J connectivity index is 2.05. The van der Waals surface area contributed by atoms with Crippen molar-refractivity contribution >= 4 is 17.6 Å². The van der Waals surface area contributed by atoms with E-state index in [1.54, 1.807) is 13.2 Å². The van der Waals surface area contributed by atoms with E-state index in [0.29, 0.717) is 12.3 Å².